The topological polar surface area (TPSA) is 50.1 Å². The van der Waals surface area contributed by atoms with Gasteiger partial charge in [0.2, 0.25) is 0 Å². The third-order valence-corrected chi connectivity index (χ3v) is 4.53. The minimum atomic E-state index is 0.302. The summed E-state index contributed by atoms with van der Waals surface area (Å²) in [5.41, 5.74) is 3.71. The SMILES string of the molecule is CCn1nc(C)c(C(C)NC2CCCC2CO)c1C. The zero-order chi connectivity index (χ0) is 14.0. The lowest BCUT2D eigenvalue weighted by molar-refractivity contribution is 0.200. The van der Waals surface area contributed by atoms with Crippen molar-refractivity contribution in [3.8, 4) is 0 Å². The van der Waals surface area contributed by atoms with E-state index in [2.05, 4.69) is 42.8 Å². The number of nitrogens with zero attached hydrogens (tertiary/aromatic N) is 2. The van der Waals surface area contributed by atoms with E-state index in [0.717, 1.165) is 18.7 Å². The molecule has 4 heteroatoms. The molecule has 1 fully saturated rings. The van der Waals surface area contributed by atoms with Crippen molar-refractivity contribution < 1.29 is 5.11 Å². The standard InChI is InChI=1S/C15H27N3O/c1-5-18-12(4)15(11(3)17-18)10(2)16-14-8-6-7-13(14)9-19/h10,13-14,16,19H,5-9H2,1-4H3. The van der Waals surface area contributed by atoms with Crippen molar-refractivity contribution in [1.29, 1.82) is 0 Å². The Morgan fingerprint density at radius 2 is 2.16 bits per heavy atom. The van der Waals surface area contributed by atoms with Gasteiger partial charge >= 0.3 is 0 Å². The molecule has 0 aliphatic heterocycles. The second-order valence-corrected chi connectivity index (χ2v) is 5.77. The van der Waals surface area contributed by atoms with Crippen LogP contribution in [0.2, 0.25) is 0 Å². The summed E-state index contributed by atoms with van der Waals surface area (Å²) in [5.74, 6) is 0.421. The fourth-order valence-corrected chi connectivity index (χ4v) is 3.52. The van der Waals surface area contributed by atoms with Crippen molar-refractivity contribution in [2.75, 3.05) is 6.61 Å². The second kappa shape index (κ2) is 6.06. The van der Waals surface area contributed by atoms with Gasteiger partial charge in [-0.25, -0.2) is 0 Å². The number of hydrogen-bond acceptors (Lipinski definition) is 3. The predicted molar refractivity (Wildman–Crippen MR) is 77.1 cm³/mol. The smallest absolute Gasteiger partial charge is 0.0644 e. The summed E-state index contributed by atoms with van der Waals surface area (Å²) in [6.45, 7) is 9.79. The molecule has 1 aromatic heterocycles. The Balaban J connectivity index is 2.11. The van der Waals surface area contributed by atoms with Crippen LogP contribution >= 0.6 is 0 Å². The average molecular weight is 265 g/mol. The first-order valence-corrected chi connectivity index (χ1v) is 7.49. The lowest BCUT2D eigenvalue weighted by atomic mass is 10.0. The van der Waals surface area contributed by atoms with Crippen molar-refractivity contribution in [3.63, 3.8) is 0 Å². The summed E-state index contributed by atoms with van der Waals surface area (Å²) in [4.78, 5) is 0. The van der Waals surface area contributed by atoms with Crippen LogP contribution in [0.5, 0.6) is 0 Å². The molecule has 3 unspecified atom stereocenters. The molecule has 4 nitrogen and oxygen atoms in total. The minimum absolute atomic E-state index is 0.302. The van der Waals surface area contributed by atoms with E-state index >= 15 is 0 Å². The highest BCUT2D eigenvalue weighted by molar-refractivity contribution is 5.28. The molecule has 108 valence electrons. The number of aliphatic hydroxyl groups excluding tert-OH is 1. The van der Waals surface area contributed by atoms with Gasteiger partial charge < -0.3 is 10.4 Å². The van der Waals surface area contributed by atoms with Crippen LogP contribution in [0.3, 0.4) is 0 Å². The first-order chi connectivity index (χ1) is 9.08. The third kappa shape index (κ3) is 2.84. The average Bonchev–Trinajstić information content (AvgIpc) is 2.93. The van der Waals surface area contributed by atoms with Crippen molar-refractivity contribution in [2.24, 2.45) is 5.92 Å². The third-order valence-electron chi connectivity index (χ3n) is 4.53. The summed E-state index contributed by atoms with van der Waals surface area (Å²) < 4.78 is 2.07. The van der Waals surface area contributed by atoms with E-state index in [0.29, 0.717) is 24.6 Å². The molecule has 3 atom stereocenters. The molecule has 19 heavy (non-hydrogen) atoms. The Bertz CT molecular complexity index is 427. The van der Waals surface area contributed by atoms with Crippen molar-refractivity contribution >= 4 is 0 Å². The molecule has 0 bridgehead atoms. The largest absolute Gasteiger partial charge is 0.396 e. The summed E-state index contributed by atoms with van der Waals surface area (Å²) in [6.07, 6.45) is 3.55. The maximum atomic E-state index is 9.41. The van der Waals surface area contributed by atoms with E-state index in [1.54, 1.807) is 0 Å². The van der Waals surface area contributed by atoms with Gasteiger partial charge in [-0.05, 0) is 46.5 Å². The monoisotopic (exact) mass is 265 g/mol. The van der Waals surface area contributed by atoms with E-state index in [1.807, 2.05) is 0 Å². The molecule has 0 spiro atoms. The molecule has 1 aliphatic carbocycles. The molecule has 1 heterocycles. The Labute approximate surface area is 116 Å². The number of aromatic nitrogens is 2. The fraction of sp³-hybridized carbons (Fsp3) is 0.800. The van der Waals surface area contributed by atoms with Crippen LogP contribution in [0.1, 0.15) is 56.1 Å². The van der Waals surface area contributed by atoms with Gasteiger partial charge in [-0.1, -0.05) is 6.42 Å². The summed E-state index contributed by atoms with van der Waals surface area (Å²) in [5, 5.41) is 17.7. The summed E-state index contributed by atoms with van der Waals surface area (Å²) >= 11 is 0. The zero-order valence-electron chi connectivity index (χ0n) is 12.6. The number of nitrogens with one attached hydrogen (secondary N) is 1. The predicted octanol–water partition coefficient (Wildman–Crippen LogP) is 2.33. The van der Waals surface area contributed by atoms with Gasteiger partial charge in [0.25, 0.3) is 0 Å². The first-order valence-electron chi connectivity index (χ1n) is 7.49. The van der Waals surface area contributed by atoms with Crippen LogP contribution in [-0.2, 0) is 6.54 Å². The molecule has 0 radical (unpaired) electrons. The van der Waals surface area contributed by atoms with Gasteiger partial charge in [0.1, 0.15) is 0 Å². The molecule has 0 amide bonds. The van der Waals surface area contributed by atoms with Crippen LogP contribution < -0.4 is 5.32 Å². The maximum Gasteiger partial charge on any atom is 0.0644 e. The normalized spacial score (nSPS) is 24.9. The minimum Gasteiger partial charge on any atom is -0.396 e. The highest BCUT2D eigenvalue weighted by Crippen LogP contribution is 2.29. The second-order valence-electron chi connectivity index (χ2n) is 5.77. The lowest BCUT2D eigenvalue weighted by Gasteiger charge is -2.24. The highest BCUT2D eigenvalue weighted by Gasteiger charge is 2.29. The van der Waals surface area contributed by atoms with Gasteiger partial charge in [0.15, 0.2) is 0 Å². The van der Waals surface area contributed by atoms with E-state index in [-0.39, 0.29) is 0 Å². The zero-order valence-corrected chi connectivity index (χ0v) is 12.6. The fourth-order valence-electron chi connectivity index (χ4n) is 3.52. The van der Waals surface area contributed by atoms with E-state index in [4.69, 9.17) is 0 Å². The molecule has 1 aromatic rings. The van der Waals surface area contributed by atoms with Crippen molar-refractivity contribution in [2.45, 2.75) is 65.6 Å². The Hall–Kier alpha value is -0.870. The van der Waals surface area contributed by atoms with Crippen molar-refractivity contribution in [1.82, 2.24) is 15.1 Å². The highest BCUT2D eigenvalue weighted by atomic mass is 16.3. The number of hydrogen-bond donors (Lipinski definition) is 2. The molecular formula is C15H27N3O. The van der Waals surface area contributed by atoms with Crippen LogP contribution in [-0.4, -0.2) is 27.5 Å². The number of rotatable bonds is 5. The van der Waals surface area contributed by atoms with Crippen LogP contribution in [0.4, 0.5) is 0 Å². The molecule has 0 saturated heterocycles. The molecule has 2 rings (SSSR count). The molecule has 2 N–H and O–H groups in total. The molecule has 0 aromatic carbocycles. The lowest BCUT2D eigenvalue weighted by Crippen LogP contribution is -2.36. The van der Waals surface area contributed by atoms with Crippen molar-refractivity contribution in [3.05, 3.63) is 17.0 Å². The summed E-state index contributed by atoms with van der Waals surface area (Å²) in [7, 11) is 0. The molecule has 1 aliphatic rings. The molecular weight excluding hydrogens is 238 g/mol. The van der Waals surface area contributed by atoms with E-state index < -0.39 is 0 Å². The van der Waals surface area contributed by atoms with Gasteiger partial charge in [-0.2, -0.15) is 5.10 Å². The number of aliphatic hydroxyl groups is 1. The summed E-state index contributed by atoms with van der Waals surface area (Å²) in [6, 6.07) is 0.751. The van der Waals surface area contributed by atoms with Gasteiger partial charge in [0, 0.05) is 36.5 Å². The maximum absolute atomic E-state index is 9.41. The van der Waals surface area contributed by atoms with E-state index in [1.165, 1.54) is 24.1 Å². The van der Waals surface area contributed by atoms with Crippen LogP contribution in [0.25, 0.3) is 0 Å². The Morgan fingerprint density at radius 3 is 2.74 bits per heavy atom. The van der Waals surface area contributed by atoms with E-state index in [9.17, 15) is 5.11 Å². The van der Waals surface area contributed by atoms with Crippen LogP contribution in [0.15, 0.2) is 0 Å². The van der Waals surface area contributed by atoms with Crippen LogP contribution in [0, 0.1) is 19.8 Å². The Kier molecular flexibility index (Phi) is 4.63. The van der Waals surface area contributed by atoms with Gasteiger partial charge in [-0.3, -0.25) is 4.68 Å². The van der Waals surface area contributed by atoms with Gasteiger partial charge in [-0.15, -0.1) is 0 Å². The van der Waals surface area contributed by atoms with Gasteiger partial charge in [0.05, 0.1) is 5.69 Å². The quantitative estimate of drug-likeness (QED) is 0.859. The first kappa shape index (κ1) is 14.5. The Morgan fingerprint density at radius 1 is 1.42 bits per heavy atom. The molecule has 1 saturated carbocycles. The number of aryl methyl sites for hydroxylation is 2.